The number of nitrogens with zero attached hydrogens (tertiary/aromatic N) is 1. The lowest BCUT2D eigenvalue weighted by Gasteiger charge is -2.08. The van der Waals surface area contributed by atoms with Gasteiger partial charge in [0, 0.05) is 24.9 Å². The molecule has 6 nitrogen and oxygen atoms in total. The van der Waals surface area contributed by atoms with E-state index in [2.05, 4.69) is 40.8 Å². The SMILES string of the molecule is CCNC1=NCCNC(c2ccccc2)=C1.CS(=O)(=O)O. The highest BCUT2D eigenvalue weighted by atomic mass is 32.2. The fraction of sp³-hybridized carbons (Fsp3) is 0.357. The zero-order chi connectivity index (χ0) is 15.7. The monoisotopic (exact) mass is 311 g/mol. The van der Waals surface area contributed by atoms with E-state index in [1.807, 2.05) is 18.2 Å². The first-order chi connectivity index (χ1) is 9.90. The summed E-state index contributed by atoms with van der Waals surface area (Å²) in [7, 11) is -3.67. The summed E-state index contributed by atoms with van der Waals surface area (Å²) >= 11 is 0. The van der Waals surface area contributed by atoms with E-state index in [9.17, 15) is 8.42 Å². The van der Waals surface area contributed by atoms with Gasteiger partial charge in [0.2, 0.25) is 0 Å². The smallest absolute Gasteiger partial charge is 0.261 e. The van der Waals surface area contributed by atoms with Gasteiger partial charge >= 0.3 is 0 Å². The second kappa shape index (κ2) is 8.43. The fourth-order valence-electron chi connectivity index (χ4n) is 1.69. The lowest BCUT2D eigenvalue weighted by molar-refractivity contribution is 0.490. The molecule has 0 aliphatic carbocycles. The molecule has 0 atom stereocenters. The van der Waals surface area contributed by atoms with Crippen molar-refractivity contribution in [3.63, 3.8) is 0 Å². The van der Waals surface area contributed by atoms with E-state index in [1.165, 1.54) is 5.56 Å². The first kappa shape index (κ1) is 17.2. The van der Waals surface area contributed by atoms with Crippen molar-refractivity contribution in [2.24, 2.45) is 4.99 Å². The molecule has 1 heterocycles. The van der Waals surface area contributed by atoms with Crippen LogP contribution in [0.1, 0.15) is 12.5 Å². The molecular formula is C14H21N3O3S. The summed E-state index contributed by atoms with van der Waals surface area (Å²) in [6.07, 6.45) is 2.79. The number of aliphatic imine (C=N–C) groups is 1. The molecule has 1 aromatic carbocycles. The Morgan fingerprint density at radius 3 is 2.52 bits per heavy atom. The van der Waals surface area contributed by atoms with Crippen molar-refractivity contribution >= 4 is 21.7 Å². The molecule has 0 unspecified atom stereocenters. The van der Waals surface area contributed by atoms with Gasteiger partial charge < -0.3 is 10.6 Å². The van der Waals surface area contributed by atoms with Crippen LogP contribution in [0.25, 0.3) is 5.70 Å². The minimum Gasteiger partial charge on any atom is -0.383 e. The van der Waals surface area contributed by atoms with Crippen molar-refractivity contribution in [2.45, 2.75) is 6.92 Å². The minimum atomic E-state index is -3.67. The molecule has 0 radical (unpaired) electrons. The maximum absolute atomic E-state index is 9.19. The van der Waals surface area contributed by atoms with Crippen molar-refractivity contribution in [2.75, 3.05) is 25.9 Å². The van der Waals surface area contributed by atoms with Crippen LogP contribution in [0.2, 0.25) is 0 Å². The van der Waals surface area contributed by atoms with E-state index in [0.717, 1.165) is 31.2 Å². The highest BCUT2D eigenvalue weighted by molar-refractivity contribution is 7.85. The lowest BCUT2D eigenvalue weighted by Crippen LogP contribution is -2.21. The first-order valence-electron chi connectivity index (χ1n) is 6.62. The van der Waals surface area contributed by atoms with Crippen LogP contribution >= 0.6 is 0 Å². The number of nitrogens with one attached hydrogen (secondary N) is 2. The number of benzene rings is 1. The molecule has 2 rings (SSSR count). The predicted octanol–water partition coefficient (Wildman–Crippen LogP) is 1.14. The summed E-state index contributed by atoms with van der Waals surface area (Å²) in [6.45, 7) is 4.68. The van der Waals surface area contributed by atoms with Crippen LogP contribution in [0, 0.1) is 0 Å². The van der Waals surface area contributed by atoms with Gasteiger partial charge in [0.25, 0.3) is 10.1 Å². The topological polar surface area (TPSA) is 90.8 Å². The molecule has 1 aliphatic rings. The molecule has 116 valence electrons. The zero-order valence-electron chi connectivity index (χ0n) is 12.2. The Morgan fingerprint density at radius 1 is 1.33 bits per heavy atom. The average molecular weight is 311 g/mol. The van der Waals surface area contributed by atoms with Gasteiger partial charge in [-0.1, -0.05) is 30.3 Å². The van der Waals surface area contributed by atoms with Crippen LogP contribution < -0.4 is 10.6 Å². The van der Waals surface area contributed by atoms with Gasteiger partial charge in [-0.05, 0) is 12.5 Å². The molecule has 0 saturated heterocycles. The average Bonchev–Trinajstić information content (AvgIpc) is 2.64. The third kappa shape index (κ3) is 8.11. The minimum absolute atomic E-state index is 0.715. The maximum atomic E-state index is 9.19. The summed E-state index contributed by atoms with van der Waals surface area (Å²) in [5.41, 5.74) is 2.34. The van der Waals surface area contributed by atoms with Gasteiger partial charge in [-0.3, -0.25) is 9.55 Å². The van der Waals surface area contributed by atoms with Gasteiger partial charge in [0.1, 0.15) is 5.84 Å². The van der Waals surface area contributed by atoms with E-state index in [1.54, 1.807) is 0 Å². The van der Waals surface area contributed by atoms with Gasteiger partial charge in [0.05, 0.1) is 12.8 Å². The molecule has 7 heteroatoms. The molecule has 0 aromatic heterocycles. The van der Waals surface area contributed by atoms with Gasteiger partial charge in [-0.2, -0.15) is 8.42 Å². The zero-order valence-corrected chi connectivity index (χ0v) is 13.0. The highest BCUT2D eigenvalue weighted by Gasteiger charge is 2.05. The van der Waals surface area contributed by atoms with Crippen molar-refractivity contribution in [1.82, 2.24) is 10.6 Å². The highest BCUT2D eigenvalue weighted by Crippen LogP contribution is 2.11. The number of hydrogen-bond donors (Lipinski definition) is 3. The number of rotatable bonds is 2. The quantitative estimate of drug-likeness (QED) is 0.713. The summed E-state index contributed by atoms with van der Waals surface area (Å²) in [6, 6.07) is 10.3. The van der Waals surface area contributed by atoms with Crippen LogP contribution in [-0.4, -0.2) is 44.7 Å². The van der Waals surface area contributed by atoms with E-state index < -0.39 is 10.1 Å². The molecule has 1 aromatic rings. The van der Waals surface area contributed by atoms with Gasteiger partial charge in [-0.25, -0.2) is 0 Å². The molecule has 0 spiro atoms. The Hall–Kier alpha value is -1.86. The van der Waals surface area contributed by atoms with Crippen molar-refractivity contribution in [3.05, 3.63) is 42.0 Å². The second-order valence-electron chi connectivity index (χ2n) is 4.38. The number of likely N-dealkylation sites (N-methyl/N-ethyl adjacent to an activating group) is 1. The Kier molecular flexibility index (Phi) is 6.90. The van der Waals surface area contributed by atoms with Crippen LogP contribution in [0.5, 0.6) is 0 Å². The van der Waals surface area contributed by atoms with Crippen LogP contribution in [-0.2, 0) is 10.1 Å². The lowest BCUT2D eigenvalue weighted by atomic mass is 10.1. The van der Waals surface area contributed by atoms with Crippen molar-refractivity contribution in [3.8, 4) is 0 Å². The Bertz CT molecular complexity index is 587. The van der Waals surface area contributed by atoms with Crippen molar-refractivity contribution in [1.29, 1.82) is 0 Å². The molecule has 0 bridgehead atoms. The first-order valence-corrected chi connectivity index (χ1v) is 8.46. The Balaban J connectivity index is 0.000000383. The van der Waals surface area contributed by atoms with Crippen LogP contribution in [0.4, 0.5) is 0 Å². The maximum Gasteiger partial charge on any atom is 0.261 e. The molecule has 0 saturated carbocycles. The van der Waals surface area contributed by atoms with E-state index in [4.69, 9.17) is 4.55 Å². The summed E-state index contributed by atoms with van der Waals surface area (Å²) in [5.74, 6) is 0.964. The predicted molar refractivity (Wildman–Crippen MR) is 85.9 cm³/mol. The van der Waals surface area contributed by atoms with Crippen molar-refractivity contribution < 1.29 is 13.0 Å². The van der Waals surface area contributed by atoms with E-state index in [0.29, 0.717) is 6.26 Å². The number of hydrogen-bond acceptors (Lipinski definition) is 5. The molecule has 3 N–H and O–H groups in total. The standard InChI is InChI=1S/C13H17N3.CH4O3S/c1-2-14-13-10-12(15-8-9-16-13)11-6-4-3-5-7-11;1-5(2,3)4/h3-7,10,15H,2,8-9H2,1H3,(H,14,16);1H3,(H,2,3,4). The Labute approximate surface area is 125 Å². The fourth-order valence-corrected chi connectivity index (χ4v) is 1.69. The van der Waals surface area contributed by atoms with Gasteiger partial charge in [-0.15, -0.1) is 0 Å². The van der Waals surface area contributed by atoms with E-state index >= 15 is 0 Å². The van der Waals surface area contributed by atoms with Gasteiger partial charge in [0.15, 0.2) is 0 Å². The second-order valence-corrected chi connectivity index (χ2v) is 5.85. The molecule has 0 fully saturated rings. The third-order valence-electron chi connectivity index (χ3n) is 2.43. The Morgan fingerprint density at radius 2 is 1.95 bits per heavy atom. The van der Waals surface area contributed by atoms with Crippen LogP contribution in [0.15, 0.2) is 41.4 Å². The number of amidine groups is 1. The largest absolute Gasteiger partial charge is 0.383 e. The summed E-state index contributed by atoms with van der Waals surface area (Å²) in [5, 5.41) is 6.65. The molecule has 1 aliphatic heterocycles. The van der Waals surface area contributed by atoms with Crippen LogP contribution in [0.3, 0.4) is 0 Å². The molecule has 0 amide bonds. The molecular weight excluding hydrogens is 290 g/mol. The molecule has 21 heavy (non-hydrogen) atoms. The normalized spacial score (nSPS) is 14.6. The third-order valence-corrected chi connectivity index (χ3v) is 2.43. The summed E-state index contributed by atoms with van der Waals surface area (Å²) < 4.78 is 25.9. The van der Waals surface area contributed by atoms with E-state index in [-0.39, 0.29) is 0 Å². The summed E-state index contributed by atoms with van der Waals surface area (Å²) in [4.78, 5) is 4.46.